The maximum Gasteiger partial charge on any atom is 0.341 e. The van der Waals surface area contributed by atoms with E-state index < -0.39 is 12.6 Å². The molecule has 0 aliphatic heterocycles. The third-order valence-electron chi connectivity index (χ3n) is 5.56. The number of hydrogen-bond acceptors (Lipinski definition) is 5. The second-order valence-electron chi connectivity index (χ2n) is 7.86. The third kappa shape index (κ3) is 5.25. The maximum absolute atomic E-state index is 11.2. The Morgan fingerprint density at radius 1 is 0.943 bits per heavy atom. The Morgan fingerprint density at radius 3 is 2.34 bits per heavy atom. The van der Waals surface area contributed by atoms with Gasteiger partial charge in [-0.25, -0.2) is 4.79 Å². The quantitative estimate of drug-likeness (QED) is 0.322. The van der Waals surface area contributed by atoms with E-state index in [4.69, 9.17) is 36.0 Å². The van der Waals surface area contributed by atoms with Crippen LogP contribution in [0.3, 0.4) is 0 Å². The molecule has 4 aromatic rings. The number of para-hydroxylation sites is 2. The standard InChI is InChI=1S/C27H25ClN2O5/c1-17-12-26(35-16-27(31)32)20(13-21(17)28)22-14-23(19-9-5-7-11-25(19)34-3)30(29-22)15-18-8-4-6-10-24(18)33-2/h4-14H,15-16H2,1-3H3,(H,31,32). The molecule has 8 heteroatoms. The van der Waals surface area contributed by atoms with Gasteiger partial charge in [0.05, 0.1) is 32.2 Å². The number of carboxylic acid groups (broad SMARTS) is 1. The Balaban J connectivity index is 1.89. The predicted octanol–water partition coefficient (Wildman–Crippen LogP) is 5.71. The zero-order chi connectivity index (χ0) is 24.9. The van der Waals surface area contributed by atoms with E-state index in [1.54, 1.807) is 26.4 Å². The van der Waals surface area contributed by atoms with Crippen molar-refractivity contribution in [3.05, 3.63) is 82.9 Å². The van der Waals surface area contributed by atoms with Crippen LogP contribution in [0.25, 0.3) is 22.5 Å². The molecule has 0 saturated carbocycles. The molecule has 0 amide bonds. The van der Waals surface area contributed by atoms with Gasteiger partial charge in [0.1, 0.15) is 17.2 Å². The average Bonchev–Trinajstić information content (AvgIpc) is 3.28. The van der Waals surface area contributed by atoms with Crippen molar-refractivity contribution >= 4 is 17.6 Å². The molecule has 1 heterocycles. The van der Waals surface area contributed by atoms with Gasteiger partial charge in [-0.3, -0.25) is 4.68 Å². The molecule has 180 valence electrons. The second kappa shape index (κ2) is 10.5. The van der Waals surface area contributed by atoms with Gasteiger partial charge in [0.25, 0.3) is 0 Å². The molecule has 3 aromatic carbocycles. The first-order chi connectivity index (χ1) is 16.9. The van der Waals surface area contributed by atoms with Gasteiger partial charge in [0.15, 0.2) is 6.61 Å². The highest BCUT2D eigenvalue weighted by molar-refractivity contribution is 6.31. The highest BCUT2D eigenvalue weighted by Gasteiger charge is 2.20. The number of nitrogens with zero attached hydrogens (tertiary/aromatic N) is 2. The Kier molecular flexibility index (Phi) is 7.27. The van der Waals surface area contributed by atoms with E-state index >= 15 is 0 Å². The van der Waals surface area contributed by atoms with E-state index in [-0.39, 0.29) is 0 Å². The topological polar surface area (TPSA) is 82.8 Å². The van der Waals surface area contributed by atoms with E-state index in [9.17, 15) is 4.79 Å². The highest BCUT2D eigenvalue weighted by Crippen LogP contribution is 2.38. The van der Waals surface area contributed by atoms with E-state index in [0.717, 1.165) is 28.1 Å². The molecule has 0 spiro atoms. The SMILES string of the molecule is COc1ccccc1Cn1nc(-c2cc(Cl)c(C)cc2OCC(=O)O)cc1-c1ccccc1OC. The fourth-order valence-corrected chi connectivity index (χ4v) is 4.01. The smallest absolute Gasteiger partial charge is 0.341 e. The first-order valence-electron chi connectivity index (χ1n) is 10.9. The van der Waals surface area contributed by atoms with Crippen LogP contribution in [0.2, 0.25) is 5.02 Å². The lowest BCUT2D eigenvalue weighted by atomic mass is 10.1. The molecular formula is C27H25ClN2O5. The van der Waals surface area contributed by atoms with Gasteiger partial charge in [-0.2, -0.15) is 5.10 Å². The number of benzene rings is 3. The molecule has 1 N–H and O–H groups in total. The molecule has 0 unspecified atom stereocenters. The Labute approximate surface area is 208 Å². The summed E-state index contributed by atoms with van der Waals surface area (Å²) in [5.41, 5.74) is 4.57. The lowest BCUT2D eigenvalue weighted by Crippen LogP contribution is -2.10. The number of hydrogen-bond donors (Lipinski definition) is 1. The minimum absolute atomic E-state index is 0.391. The number of carbonyl (C=O) groups is 1. The lowest BCUT2D eigenvalue weighted by Gasteiger charge is -2.13. The molecule has 4 rings (SSSR count). The largest absolute Gasteiger partial charge is 0.496 e. The Morgan fingerprint density at radius 2 is 1.63 bits per heavy atom. The summed E-state index contributed by atoms with van der Waals surface area (Å²) in [6, 6.07) is 20.8. The first kappa shape index (κ1) is 24.2. The minimum atomic E-state index is -1.07. The zero-order valence-corrected chi connectivity index (χ0v) is 20.4. The van der Waals surface area contributed by atoms with Gasteiger partial charge in [-0.15, -0.1) is 0 Å². The van der Waals surface area contributed by atoms with Crippen molar-refractivity contribution in [2.24, 2.45) is 0 Å². The van der Waals surface area contributed by atoms with E-state index in [1.807, 2.05) is 66.2 Å². The number of halogens is 1. The summed E-state index contributed by atoms with van der Waals surface area (Å²) in [5.74, 6) is 0.770. The van der Waals surface area contributed by atoms with Crippen LogP contribution in [-0.2, 0) is 11.3 Å². The molecule has 0 aliphatic carbocycles. The number of aromatic nitrogens is 2. The van der Waals surface area contributed by atoms with Crippen molar-refractivity contribution in [2.45, 2.75) is 13.5 Å². The van der Waals surface area contributed by atoms with Gasteiger partial charge in [0, 0.05) is 21.7 Å². The fourth-order valence-electron chi connectivity index (χ4n) is 3.85. The van der Waals surface area contributed by atoms with Crippen LogP contribution in [0.15, 0.2) is 66.7 Å². The predicted molar refractivity (Wildman–Crippen MR) is 135 cm³/mol. The summed E-state index contributed by atoms with van der Waals surface area (Å²) in [6.07, 6.45) is 0. The highest BCUT2D eigenvalue weighted by atomic mass is 35.5. The van der Waals surface area contributed by atoms with E-state index in [1.165, 1.54) is 0 Å². The number of ether oxygens (including phenoxy) is 3. The molecule has 0 saturated heterocycles. The van der Waals surface area contributed by atoms with Crippen molar-refractivity contribution < 1.29 is 24.1 Å². The maximum atomic E-state index is 11.2. The van der Waals surface area contributed by atoms with Crippen LogP contribution < -0.4 is 14.2 Å². The van der Waals surface area contributed by atoms with Crippen molar-refractivity contribution in [3.8, 4) is 39.8 Å². The molecular weight excluding hydrogens is 468 g/mol. The molecule has 0 aliphatic rings. The van der Waals surface area contributed by atoms with Crippen molar-refractivity contribution in [1.82, 2.24) is 9.78 Å². The van der Waals surface area contributed by atoms with Crippen molar-refractivity contribution in [3.63, 3.8) is 0 Å². The molecule has 0 atom stereocenters. The number of rotatable bonds is 9. The van der Waals surface area contributed by atoms with Crippen LogP contribution in [0.5, 0.6) is 17.2 Å². The molecule has 1 aromatic heterocycles. The van der Waals surface area contributed by atoms with Gasteiger partial charge in [0.2, 0.25) is 0 Å². The van der Waals surface area contributed by atoms with Crippen LogP contribution in [0.4, 0.5) is 0 Å². The van der Waals surface area contributed by atoms with Crippen LogP contribution in [0, 0.1) is 6.92 Å². The normalized spacial score (nSPS) is 10.7. The summed E-state index contributed by atoms with van der Waals surface area (Å²) >= 11 is 6.44. The second-order valence-corrected chi connectivity index (χ2v) is 8.27. The van der Waals surface area contributed by atoms with E-state index in [0.29, 0.717) is 34.3 Å². The number of aliphatic carboxylic acids is 1. The Bertz CT molecular complexity index is 1370. The molecule has 0 fully saturated rings. The van der Waals surface area contributed by atoms with Crippen molar-refractivity contribution in [2.75, 3.05) is 20.8 Å². The fraction of sp³-hybridized carbons (Fsp3) is 0.185. The van der Waals surface area contributed by atoms with Crippen LogP contribution in [0.1, 0.15) is 11.1 Å². The summed E-state index contributed by atoms with van der Waals surface area (Å²) in [7, 11) is 3.26. The summed E-state index contributed by atoms with van der Waals surface area (Å²) in [4.78, 5) is 11.2. The minimum Gasteiger partial charge on any atom is -0.496 e. The monoisotopic (exact) mass is 492 g/mol. The van der Waals surface area contributed by atoms with E-state index in [2.05, 4.69) is 0 Å². The van der Waals surface area contributed by atoms with Crippen LogP contribution >= 0.6 is 11.6 Å². The summed E-state index contributed by atoms with van der Waals surface area (Å²) < 4.78 is 18.6. The molecule has 0 radical (unpaired) electrons. The van der Waals surface area contributed by atoms with Crippen LogP contribution in [-0.4, -0.2) is 41.7 Å². The van der Waals surface area contributed by atoms with Gasteiger partial charge in [-0.1, -0.05) is 41.9 Å². The number of methoxy groups -OCH3 is 2. The van der Waals surface area contributed by atoms with Gasteiger partial charge < -0.3 is 19.3 Å². The molecule has 7 nitrogen and oxygen atoms in total. The van der Waals surface area contributed by atoms with Gasteiger partial charge in [-0.05, 0) is 48.9 Å². The molecule has 35 heavy (non-hydrogen) atoms. The summed E-state index contributed by atoms with van der Waals surface area (Å²) in [6.45, 7) is 1.79. The molecule has 0 bridgehead atoms. The summed E-state index contributed by atoms with van der Waals surface area (Å²) in [5, 5.41) is 14.5. The van der Waals surface area contributed by atoms with Crippen molar-refractivity contribution in [1.29, 1.82) is 0 Å². The first-order valence-corrected chi connectivity index (χ1v) is 11.3. The lowest BCUT2D eigenvalue weighted by molar-refractivity contribution is -0.139. The Hall–Kier alpha value is -3.97. The zero-order valence-electron chi connectivity index (χ0n) is 19.6. The third-order valence-corrected chi connectivity index (χ3v) is 5.97. The number of aryl methyl sites for hydroxylation is 1. The van der Waals surface area contributed by atoms with Gasteiger partial charge >= 0.3 is 5.97 Å². The number of carboxylic acids is 1. The average molecular weight is 493 g/mol.